The highest BCUT2D eigenvalue weighted by Gasteiger charge is 2.45. The van der Waals surface area contributed by atoms with Crippen molar-refractivity contribution < 1.29 is 27.9 Å². The van der Waals surface area contributed by atoms with Crippen molar-refractivity contribution in [3.05, 3.63) is 0 Å². The van der Waals surface area contributed by atoms with Crippen LogP contribution in [0.1, 0.15) is 20.3 Å². The topological polar surface area (TPSA) is 66.4 Å². The van der Waals surface area contributed by atoms with Gasteiger partial charge in [-0.3, -0.25) is 4.79 Å². The predicted octanol–water partition coefficient (Wildman–Crippen LogP) is 1.71. The Morgan fingerprint density at radius 1 is 1.39 bits per heavy atom. The smallest absolute Gasteiger partial charge is 0.401 e. The lowest BCUT2D eigenvalue weighted by atomic mass is 9.98. The first kappa shape index (κ1) is 17.1. The van der Waals surface area contributed by atoms with E-state index in [0.29, 0.717) is 6.42 Å². The zero-order valence-corrected chi connectivity index (χ0v) is 10.9. The zero-order valence-electron chi connectivity index (χ0n) is 9.99. The summed E-state index contributed by atoms with van der Waals surface area (Å²) >= 11 is 3.47. The number of carbonyl (C=O) groups is 2. The molecule has 0 aliphatic carbocycles. The molecule has 0 aromatic rings. The van der Waals surface area contributed by atoms with Gasteiger partial charge in [-0.05, 0) is 5.92 Å². The Kier molecular flexibility index (Phi) is 6.51. The van der Waals surface area contributed by atoms with Gasteiger partial charge in [-0.1, -0.05) is 20.3 Å². The van der Waals surface area contributed by atoms with E-state index in [0.717, 1.165) is 0 Å². The molecule has 0 aromatic heterocycles. The lowest BCUT2D eigenvalue weighted by Crippen LogP contribution is -2.50. The Morgan fingerprint density at radius 3 is 2.17 bits per heavy atom. The molecule has 8 heteroatoms. The number of hydrogen-bond acceptors (Lipinski definition) is 3. The van der Waals surface area contributed by atoms with Crippen LogP contribution in [0.3, 0.4) is 0 Å². The SMILES string of the molecule is CC[C@H](C)[C@@H](NC(=O)C(CS)C(F)(F)F)C(=O)O. The molecule has 1 amide bonds. The highest BCUT2D eigenvalue weighted by molar-refractivity contribution is 7.80. The molecule has 1 unspecified atom stereocenters. The molecule has 0 fully saturated rings. The average molecular weight is 287 g/mol. The molecule has 0 aliphatic heterocycles. The Hall–Kier alpha value is -0.920. The monoisotopic (exact) mass is 287 g/mol. The highest BCUT2D eigenvalue weighted by Crippen LogP contribution is 2.27. The molecule has 0 radical (unpaired) electrons. The standard InChI is InChI=1S/C10H16F3NO3S/c1-3-5(2)7(9(16)17)14-8(15)6(4-18)10(11,12)13/h5-7,18H,3-4H2,1-2H3,(H,14,15)(H,16,17)/t5-,6?,7+/m0/s1. The Morgan fingerprint density at radius 2 is 1.89 bits per heavy atom. The minimum atomic E-state index is -4.73. The maximum Gasteiger partial charge on any atom is 0.401 e. The first-order valence-corrected chi connectivity index (χ1v) is 5.99. The van der Waals surface area contributed by atoms with Gasteiger partial charge in [-0.25, -0.2) is 4.79 Å². The van der Waals surface area contributed by atoms with Crippen LogP contribution in [0.4, 0.5) is 13.2 Å². The van der Waals surface area contributed by atoms with E-state index in [9.17, 15) is 22.8 Å². The van der Waals surface area contributed by atoms with Gasteiger partial charge >= 0.3 is 12.1 Å². The largest absolute Gasteiger partial charge is 0.480 e. The van der Waals surface area contributed by atoms with Gasteiger partial charge in [0.2, 0.25) is 5.91 Å². The van der Waals surface area contributed by atoms with Crippen LogP contribution in [0.25, 0.3) is 0 Å². The number of hydrogen-bond donors (Lipinski definition) is 3. The van der Waals surface area contributed by atoms with Gasteiger partial charge in [-0.15, -0.1) is 0 Å². The normalized spacial score (nSPS) is 16.8. The van der Waals surface area contributed by atoms with Crippen LogP contribution >= 0.6 is 12.6 Å². The molecule has 0 bridgehead atoms. The summed E-state index contributed by atoms with van der Waals surface area (Å²) in [6.07, 6.45) is -4.31. The van der Waals surface area contributed by atoms with Crippen molar-refractivity contribution in [3.63, 3.8) is 0 Å². The fourth-order valence-corrected chi connectivity index (χ4v) is 1.64. The number of amides is 1. The summed E-state index contributed by atoms with van der Waals surface area (Å²) in [4.78, 5) is 22.3. The molecule has 0 spiro atoms. The summed E-state index contributed by atoms with van der Waals surface area (Å²) in [6.45, 7) is 3.23. The third-order valence-corrected chi connectivity index (χ3v) is 3.04. The van der Waals surface area contributed by atoms with Crippen molar-refractivity contribution in [1.29, 1.82) is 0 Å². The highest BCUT2D eigenvalue weighted by atomic mass is 32.1. The fourth-order valence-electron chi connectivity index (χ4n) is 1.27. The minimum Gasteiger partial charge on any atom is -0.480 e. The summed E-state index contributed by atoms with van der Waals surface area (Å²) in [7, 11) is 0. The van der Waals surface area contributed by atoms with Gasteiger partial charge < -0.3 is 10.4 Å². The van der Waals surface area contributed by atoms with E-state index in [-0.39, 0.29) is 0 Å². The number of carboxylic acid groups (broad SMARTS) is 1. The number of halogens is 3. The minimum absolute atomic E-state index is 0.425. The van der Waals surface area contributed by atoms with Crippen molar-refractivity contribution in [2.75, 3.05) is 5.75 Å². The summed E-state index contributed by atoms with van der Waals surface area (Å²) < 4.78 is 37.3. The first-order chi connectivity index (χ1) is 8.15. The number of carboxylic acids is 1. The van der Waals surface area contributed by atoms with Gasteiger partial charge in [0.15, 0.2) is 0 Å². The molecule has 0 aromatic carbocycles. The van der Waals surface area contributed by atoms with Crippen LogP contribution in [0.2, 0.25) is 0 Å². The number of rotatable bonds is 6. The van der Waals surface area contributed by atoms with Crippen LogP contribution in [-0.2, 0) is 9.59 Å². The molecule has 0 saturated carbocycles. The molecule has 106 valence electrons. The van der Waals surface area contributed by atoms with E-state index in [2.05, 4.69) is 12.6 Å². The molecule has 18 heavy (non-hydrogen) atoms. The van der Waals surface area contributed by atoms with Crippen molar-refractivity contribution in [2.24, 2.45) is 11.8 Å². The first-order valence-electron chi connectivity index (χ1n) is 5.35. The number of nitrogens with one attached hydrogen (secondary N) is 1. The number of aliphatic carboxylic acids is 1. The summed E-state index contributed by atoms with van der Waals surface area (Å²) in [5, 5.41) is 10.8. The lowest BCUT2D eigenvalue weighted by molar-refractivity contribution is -0.179. The van der Waals surface area contributed by atoms with Crippen LogP contribution < -0.4 is 5.32 Å². The van der Waals surface area contributed by atoms with Crippen LogP contribution in [0, 0.1) is 11.8 Å². The Balaban J connectivity index is 4.84. The molecular weight excluding hydrogens is 271 g/mol. The van der Waals surface area contributed by atoms with Gasteiger partial charge in [0.25, 0.3) is 0 Å². The van der Waals surface area contributed by atoms with Crippen LogP contribution in [-0.4, -0.2) is 35.0 Å². The maximum atomic E-state index is 12.4. The van der Waals surface area contributed by atoms with Crippen LogP contribution in [0.15, 0.2) is 0 Å². The maximum absolute atomic E-state index is 12.4. The number of alkyl halides is 3. The van der Waals surface area contributed by atoms with E-state index in [1.165, 1.54) is 0 Å². The molecule has 0 rings (SSSR count). The second kappa shape index (κ2) is 6.86. The van der Waals surface area contributed by atoms with Crippen molar-refractivity contribution in [3.8, 4) is 0 Å². The van der Waals surface area contributed by atoms with Gasteiger partial charge in [0.05, 0.1) is 0 Å². The van der Waals surface area contributed by atoms with Crippen molar-refractivity contribution in [2.45, 2.75) is 32.5 Å². The molecule has 0 heterocycles. The molecule has 3 atom stereocenters. The van der Waals surface area contributed by atoms with Crippen LogP contribution in [0.5, 0.6) is 0 Å². The Labute approximate surface area is 108 Å². The summed E-state index contributed by atoms with van der Waals surface area (Å²) in [5.74, 6) is -6.18. The molecule has 0 aliphatic rings. The summed E-state index contributed by atoms with van der Waals surface area (Å²) in [6, 6.07) is -1.33. The van der Waals surface area contributed by atoms with Crippen molar-refractivity contribution in [1.82, 2.24) is 5.32 Å². The van der Waals surface area contributed by atoms with Gasteiger partial charge in [0.1, 0.15) is 12.0 Å². The van der Waals surface area contributed by atoms with E-state index < -0.39 is 41.7 Å². The quantitative estimate of drug-likeness (QED) is 0.652. The molecule has 2 N–H and O–H groups in total. The number of carbonyl (C=O) groups excluding carboxylic acids is 1. The number of thiol groups is 1. The molecular formula is C10H16F3NO3S. The third-order valence-electron chi connectivity index (χ3n) is 2.67. The second-order valence-corrected chi connectivity index (χ2v) is 4.35. The van der Waals surface area contributed by atoms with E-state index in [4.69, 9.17) is 5.11 Å². The van der Waals surface area contributed by atoms with Crippen molar-refractivity contribution >= 4 is 24.5 Å². The van der Waals surface area contributed by atoms with Gasteiger partial charge in [-0.2, -0.15) is 25.8 Å². The second-order valence-electron chi connectivity index (χ2n) is 3.99. The molecule has 4 nitrogen and oxygen atoms in total. The molecule has 0 saturated heterocycles. The average Bonchev–Trinajstić information content (AvgIpc) is 2.23. The predicted molar refractivity (Wildman–Crippen MR) is 62.4 cm³/mol. The van der Waals surface area contributed by atoms with E-state index in [1.54, 1.807) is 13.8 Å². The van der Waals surface area contributed by atoms with E-state index in [1.807, 2.05) is 5.32 Å². The zero-order chi connectivity index (χ0) is 14.5. The van der Waals surface area contributed by atoms with E-state index >= 15 is 0 Å². The lowest BCUT2D eigenvalue weighted by Gasteiger charge is -2.24. The third kappa shape index (κ3) is 4.75. The summed E-state index contributed by atoms with van der Waals surface area (Å²) in [5.41, 5.74) is 0. The Bertz CT molecular complexity index is 309. The van der Waals surface area contributed by atoms with Gasteiger partial charge in [0, 0.05) is 5.75 Å². The fraction of sp³-hybridized carbons (Fsp3) is 0.800.